The standard InChI is InChI=1S/C13H18BrN5O/c1-8(2)12-17-16-11(19(12)4)6-15-13(20)10-5-9(14)7-18(10)3/h5,7-8H,6H2,1-4H3,(H,15,20). The van der Waals surface area contributed by atoms with Crippen LogP contribution in [0.15, 0.2) is 16.7 Å². The molecule has 0 bridgehead atoms. The van der Waals surface area contributed by atoms with Gasteiger partial charge in [-0.1, -0.05) is 13.8 Å². The van der Waals surface area contributed by atoms with Gasteiger partial charge in [0.1, 0.15) is 11.5 Å². The number of hydrogen-bond donors (Lipinski definition) is 1. The minimum atomic E-state index is -0.132. The van der Waals surface area contributed by atoms with Gasteiger partial charge in [-0.2, -0.15) is 0 Å². The van der Waals surface area contributed by atoms with Crippen LogP contribution >= 0.6 is 15.9 Å². The van der Waals surface area contributed by atoms with Gasteiger partial charge in [-0.25, -0.2) is 0 Å². The van der Waals surface area contributed by atoms with E-state index in [-0.39, 0.29) is 5.91 Å². The third-order valence-electron chi connectivity index (χ3n) is 3.13. The van der Waals surface area contributed by atoms with Crippen molar-refractivity contribution in [1.29, 1.82) is 0 Å². The van der Waals surface area contributed by atoms with Crippen molar-refractivity contribution in [1.82, 2.24) is 24.6 Å². The molecule has 2 aromatic rings. The zero-order chi connectivity index (χ0) is 14.9. The SMILES string of the molecule is CC(C)c1nnc(CNC(=O)c2cc(Br)cn2C)n1C. The van der Waals surface area contributed by atoms with E-state index in [1.165, 1.54) is 0 Å². The maximum atomic E-state index is 12.1. The summed E-state index contributed by atoms with van der Waals surface area (Å²) in [5.74, 6) is 1.83. The Morgan fingerprint density at radius 1 is 1.40 bits per heavy atom. The third kappa shape index (κ3) is 2.92. The molecule has 0 spiro atoms. The van der Waals surface area contributed by atoms with Crippen LogP contribution < -0.4 is 5.32 Å². The Balaban J connectivity index is 2.06. The minimum absolute atomic E-state index is 0.132. The van der Waals surface area contributed by atoms with Crippen LogP contribution in [0, 0.1) is 0 Å². The molecule has 2 aromatic heterocycles. The molecule has 20 heavy (non-hydrogen) atoms. The number of halogens is 1. The summed E-state index contributed by atoms with van der Waals surface area (Å²) in [5.41, 5.74) is 0.600. The fourth-order valence-electron chi connectivity index (χ4n) is 2.03. The predicted molar refractivity (Wildman–Crippen MR) is 79.4 cm³/mol. The van der Waals surface area contributed by atoms with E-state index >= 15 is 0 Å². The molecule has 0 atom stereocenters. The molecule has 7 heteroatoms. The van der Waals surface area contributed by atoms with E-state index in [4.69, 9.17) is 0 Å². The highest BCUT2D eigenvalue weighted by Gasteiger charge is 2.14. The first-order valence-electron chi connectivity index (χ1n) is 6.38. The van der Waals surface area contributed by atoms with E-state index in [0.717, 1.165) is 16.1 Å². The number of carbonyl (C=O) groups is 1. The molecule has 2 heterocycles. The Labute approximate surface area is 126 Å². The van der Waals surface area contributed by atoms with E-state index in [0.29, 0.717) is 18.2 Å². The molecule has 1 amide bonds. The number of aromatic nitrogens is 4. The monoisotopic (exact) mass is 339 g/mol. The van der Waals surface area contributed by atoms with E-state index < -0.39 is 0 Å². The lowest BCUT2D eigenvalue weighted by Gasteiger charge is -2.07. The second-order valence-corrected chi connectivity index (χ2v) is 5.94. The molecule has 0 aliphatic rings. The topological polar surface area (TPSA) is 64.7 Å². The van der Waals surface area contributed by atoms with Gasteiger partial charge in [0.2, 0.25) is 0 Å². The van der Waals surface area contributed by atoms with Crippen molar-refractivity contribution in [2.24, 2.45) is 14.1 Å². The number of hydrogen-bond acceptors (Lipinski definition) is 3. The van der Waals surface area contributed by atoms with E-state index in [1.54, 1.807) is 10.6 Å². The van der Waals surface area contributed by atoms with Crippen molar-refractivity contribution >= 4 is 21.8 Å². The van der Waals surface area contributed by atoms with Crippen LogP contribution in [-0.4, -0.2) is 25.2 Å². The normalized spacial score (nSPS) is 11.1. The first kappa shape index (κ1) is 14.8. The van der Waals surface area contributed by atoms with E-state index in [1.807, 2.05) is 24.9 Å². The molecule has 0 saturated carbocycles. The van der Waals surface area contributed by atoms with Gasteiger partial charge in [0.05, 0.1) is 6.54 Å². The average Bonchev–Trinajstić information content (AvgIpc) is 2.89. The molecule has 0 unspecified atom stereocenters. The smallest absolute Gasteiger partial charge is 0.268 e. The van der Waals surface area contributed by atoms with Crippen molar-refractivity contribution in [2.75, 3.05) is 0 Å². The largest absolute Gasteiger partial charge is 0.345 e. The molecule has 0 aliphatic heterocycles. The lowest BCUT2D eigenvalue weighted by Crippen LogP contribution is -2.26. The van der Waals surface area contributed by atoms with Crippen molar-refractivity contribution in [3.05, 3.63) is 34.1 Å². The van der Waals surface area contributed by atoms with Crippen LogP contribution in [0.2, 0.25) is 0 Å². The van der Waals surface area contributed by atoms with Crippen molar-refractivity contribution in [2.45, 2.75) is 26.3 Å². The van der Waals surface area contributed by atoms with E-state index in [2.05, 4.69) is 45.3 Å². The summed E-state index contributed by atoms with van der Waals surface area (Å²) in [6, 6.07) is 1.78. The van der Waals surface area contributed by atoms with Gasteiger partial charge in [0, 0.05) is 30.7 Å². The van der Waals surface area contributed by atoms with Crippen LogP contribution in [0.3, 0.4) is 0 Å². The first-order valence-corrected chi connectivity index (χ1v) is 7.17. The number of nitrogens with zero attached hydrogens (tertiary/aromatic N) is 4. The highest BCUT2D eigenvalue weighted by atomic mass is 79.9. The maximum Gasteiger partial charge on any atom is 0.268 e. The Hall–Kier alpha value is -1.63. The van der Waals surface area contributed by atoms with Crippen LogP contribution in [0.1, 0.15) is 41.9 Å². The maximum absolute atomic E-state index is 12.1. The molecule has 2 rings (SSSR count). The van der Waals surface area contributed by atoms with E-state index in [9.17, 15) is 4.79 Å². The van der Waals surface area contributed by atoms with Crippen LogP contribution in [0.4, 0.5) is 0 Å². The highest BCUT2D eigenvalue weighted by Crippen LogP contribution is 2.14. The number of carbonyl (C=O) groups excluding carboxylic acids is 1. The van der Waals surface area contributed by atoms with Gasteiger partial charge in [-0.15, -0.1) is 10.2 Å². The average molecular weight is 340 g/mol. The lowest BCUT2D eigenvalue weighted by molar-refractivity contribution is 0.0941. The summed E-state index contributed by atoms with van der Waals surface area (Å²) in [7, 11) is 3.74. The molecule has 108 valence electrons. The molecule has 0 aliphatic carbocycles. The molecule has 0 radical (unpaired) electrons. The molecule has 0 aromatic carbocycles. The summed E-state index contributed by atoms with van der Waals surface area (Å²) < 4.78 is 4.58. The van der Waals surface area contributed by atoms with Gasteiger partial charge in [0.15, 0.2) is 5.82 Å². The Kier molecular flexibility index (Phi) is 4.27. The molecular weight excluding hydrogens is 322 g/mol. The first-order chi connectivity index (χ1) is 9.40. The lowest BCUT2D eigenvalue weighted by atomic mass is 10.2. The number of aryl methyl sites for hydroxylation is 1. The van der Waals surface area contributed by atoms with Crippen molar-refractivity contribution in [3.8, 4) is 0 Å². The van der Waals surface area contributed by atoms with Gasteiger partial charge in [-0.3, -0.25) is 4.79 Å². The van der Waals surface area contributed by atoms with Gasteiger partial charge in [0.25, 0.3) is 5.91 Å². The Bertz CT molecular complexity index is 629. The Morgan fingerprint density at radius 2 is 2.10 bits per heavy atom. The van der Waals surface area contributed by atoms with Crippen LogP contribution in [0.25, 0.3) is 0 Å². The highest BCUT2D eigenvalue weighted by molar-refractivity contribution is 9.10. The minimum Gasteiger partial charge on any atom is -0.345 e. The quantitative estimate of drug-likeness (QED) is 0.926. The zero-order valence-corrected chi connectivity index (χ0v) is 13.6. The number of nitrogens with one attached hydrogen (secondary N) is 1. The second-order valence-electron chi connectivity index (χ2n) is 5.03. The summed E-state index contributed by atoms with van der Waals surface area (Å²) in [4.78, 5) is 12.1. The second kappa shape index (κ2) is 5.78. The number of rotatable bonds is 4. The molecule has 0 saturated heterocycles. The summed E-state index contributed by atoms with van der Waals surface area (Å²) in [5, 5.41) is 11.1. The summed E-state index contributed by atoms with van der Waals surface area (Å²) >= 11 is 3.35. The van der Waals surface area contributed by atoms with Gasteiger partial charge < -0.3 is 14.5 Å². The number of amides is 1. The van der Waals surface area contributed by atoms with Crippen molar-refractivity contribution in [3.63, 3.8) is 0 Å². The summed E-state index contributed by atoms with van der Waals surface area (Å²) in [6.45, 7) is 4.49. The van der Waals surface area contributed by atoms with Gasteiger partial charge >= 0.3 is 0 Å². The van der Waals surface area contributed by atoms with Crippen LogP contribution in [-0.2, 0) is 20.6 Å². The zero-order valence-electron chi connectivity index (χ0n) is 12.0. The van der Waals surface area contributed by atoms with Gasteiger partial charge in [-0.05, 0) is 22.0 Å². The third-order valence-corrected chi connectivity index (χ3v) is 3.56. The van der Waals surface area contributed by atoms with Crippen LogP contribution in [0.5, 0.6) is 0 Å². The molecule has 6 nitrogen and oxygen atoms in total. The Morgan fingerprint density at radius 3 is 2.60 bits per heavy atom. The molecule has 0 fully saturated rings. The molecule has 1 N–H and O–H groups in total. The summed E-state index contributed by atoms with van der Waals surface area (Å²) in [6.07, 6.45) is 1.84. The fourth-order valence-corrected chi connectivity index (χ4v) is 2.56. The predicted octanol–water partition coefficient (Wildman–Crippen LogP) is 1.97. The molecular formula is C13H18BrN5O. The fraction of sp³-hybridized carbons (Fsp3) is 0.462. The van der Waals surface area contributed by atoms with Crippen molar-refractivity contribution < 1.29 is 4.79 Å².